The predicted octanol–water partition coefficient (Wildman–Crippen LogP) is 2.13. The van der Waals surface area contributed by atoms with E-state index in [1.807, 2.05) is 12.2 Å². The zero-order valence-electron chi connectivity index (χ0n) is 27.2. The fourth-order valence-corrected chi connectivity index (χ4v) is 5.27. The Balaban J connectivity index is 2.25. The van der Waals surface area contributed by atoms with Gasteiger partial charge in [-0.2, -0.15) is 0 Å². The number of aromatic nitrogens is 1. The number of aliphatic carboxylic acids is 2. The Labute approximate surface area is 273 Å². The number of nitrogens with one attached hydrogen (secondary N) is 4. The topological polar surface area (TPSA) is 235 Å². The number of Topliss-reactive ketones (excluding diaryl/α,β-unsaturated/α-hetero) is 1. The number of carbonyl (C=O) groups is 6. The molecule has 8 N–H and O–H groups in total. The number of fused-ring (bicyclic) bond motifs is 1. The third kappa shape index (κ3) is 11.8. The molecule has 14 nitrogen and oxygen atoms in total. The van der Waals surface area contributed by atoms with Crippen molar-refractivity contribution < 1.29 is 49.2 Å². The van der Waals surface area contributed by atoms with Gasteiger partial charge < -0.3 is 41.4 Å². The second-order valence-electron chi connectivity index (χ2n) is 11.9. The molecular formula is C33H48N4O10. The van der Waals surface area contributed by atoms with Crippen LogP contribution in [0, 0.1) is 11.8 Å². The Morgan fingerprint density at radius 2 is 1.45 bits per heavy atom. The van der Waals surface area contributed by atoms with Gasteiger partial charge in [-0.1, -0.05) is 77.5 Å². The summed E-state index contributed by atoms with van der Waals surface area (Å²) >= 11 is 0. The van der Waals surface area contributed by atoms with Crippen LogP contribution in [-0.4, -0.2) is 91.7 Å². The van der Waals surface area contributed by atoms with Crippen LogP contribution in [0.1, 0.15) is 88.9 Å². The molecule has 0 bridgehead atoms. The number of carboxylic acids is 2. The molecule has 2 rings (SSSR count). The maximum Gasteiger partial charge on any atom is 0.328 e. The zero-order chi connectivity index (χ0) is 35.1. The Bertz CT molecular complexity index is 1380. The van der Waals surface area contributed by atoms with Crippen molar-refractivity contribution in [2.75, 3.05) is 6.61 Å². The summed E-state index contributed by atoms with van der Waals surface area (Å²) in [5.74, 6) is -8.04. The molecule has 6 atom stereocenters. The minimum absolute atomic E-state index is 0.000796. The van der Waals surface area contributed by atoms with E-state index in [-0.39, 0.29) is 11.5 Å². The minimum Gasteiger partial charge on any atom is -0.481 e. The molecule has 47 heavy (non-hydrogen) atoms. The van der Waals surface area contributed by atoms with E-state index >= 15 is 0 Å². The number of ketones is 1. The first-order valence-corrected chi connectivity index (χ1v) is 16.1. The fourth-order valence-electron chi connectivity index (χ4n) is 5.27. The van der Waals surface area contributed by atoms with E-state index in [0.29, 0.717) is 17.3 Å². The number of hydrogen-bond acceptors (Lipinski definition) is 8. The van der Waals surface area contributed by atoms with Gasteiger partial charge in [-0.3, -0.25) is 24.0 Å². The van der Waals surface area contributed by atoms with Crippen molar-refractivity contribution in [3.05, 3.63) is 36.0 Å². The van der Waals surface area contributed by atoms with E-state index in [4.69, 9.17) is 0 Å². The summed E-state index contributed by atoms with van der Waals surface area (Å²) in [6, 6.07) is 1.30. The van der Waals surface area contributed by atoms with Crippen molar-refractivity contribution in [3.8, 4) is 0 Å². The van der Waals surface area contributed by atoms with Crippen LogP contribution in [-0.2, 0) is 24.0 Å². The second kappa shape index (κ2) is 19.4. The van der Waals surface area contributed by atoms with Gasteiger partial charge in [-0.05, 0) is 24.8 Å². The lowest BCUT2D eigenvalue weighted by atomic mass is 9.88. The van der Waals surface area contributed by atoms with Gasteiger partial charge in [0.2, 0.25) is 11.8 Å². The third-order valence-corrected chi connectivity index (χ3v) is 8.26. The van der Waals surface area contributed by atoms with Gasteiger partial charge in [0, 0.05) is 29.1 Å². The summed E-state index contributed by atoms with van der Waals surface area (Å²) < 4.78 is 0. The zero-order valence-corrected chi connectivity index (χ0v) is 27.2. The average Bonchev–Trinajstić information content (AvgIpc) is 3.48. The van der Waals surface area contributed by atoms with E-state index < -0.39 is 85.0 Å². The lowest BCUT2D eigenvalue weighted by Gasteiger charge is -2.27. The molecule has 0 aliphatic rings. The maximum atomic E-state index is 13.7. The predicted molar refractivity (Wildman–Crippen MR) is 172 cm³/mol. The van der Waals surface area contributed by atoms with E-state index in [9.17, 15) is 49.2 Å². The fraction of sp³-hybridized carbons (Fsp3) is 0.576. The highest BCUT2D eigenvalue weighted by Crippen LogP contribution is 2.22. The first-order valence-electron chi connectivity index (χ1n) is 16.1. The summed E-state index contributed by atoms with van der Waals surface area (Å²) in [6.07, 6.45) is 6.41. The largest absolute Gasteiger partial charge is 0.481 e. The highest BCUT2D eigenvalue weighted by atomic mass is 16.4. The third-order valence-electron chi connectivity index (χ3n) is 8.26. The highest BCUT2D eigenvalue weighted by molar-refractivity contribution is 6.20. The van der Waals surface area contributed by atoms with Crippen LogP contribution < -0.4 is 16.0 Å². The Morgan fingerprint density at radius 1 is 0.809 bits per heavy atom. The van der Waals surface area contributed by atoms with Crippen LogP contribution in [0.5, 0.6) is 0 Å². The molecule has 0 saturated heterocycles. The Kier molecular flexibility index (Phi) is 16.0. The van der Waals surface area contributed by atoms with Crippen molar-refractivity contribution in [2.45, 2.75) is 103 Å². The summed E-state index contributed by atoms with van der Waals surface area (Å²) in [7, 11) is 0. The number of hydrogen-bond donors (Lipinski definition) is 8. The molecule has 0 radical (unpaired) electrons. The monoisotopic (exact) mass is 660 g/mol. The van der Waals surface area contributed by atoms with Crippen molar-refractivity contribution in [3.63, 3.8) is 0 Å². The van der Waals surface area contributed by atoms with Crippen LogP contribution in [0.25, 0.3) is 10.9 Å². The number of unbranched alkanes of at least 4 members (excludes halogenated alkanes) is 5. The van der Waals surface area contributed by atoms with Crippen LogP contribution >= 0.6 is 0 Å². The number of H-pyrrole nitrogens is 1. The number of benzene rings is 1. The van der Waals surface area contributed by atoms with Gasteiger partial charge in [0.1, 0.15) is 12.1 Å². The van der Waals surface area contributed by atoms with E-state index in [0.717, 1.165) is 32.1 Å². The molecule has 0 aliphatic heterocycles. The average molecular weight is 661 g/mol. The Morgan fingerprint density at radius 3 is 2.09 bits per heavy atom. The van der Waals surface area contributed by atoms with Gasteiger partial charge in [0.15, 0.2) is 11.8 Å². The number of amides is 3. The standard InChI is InChI=1S/C33H48N4O10/c1-4-5-6-7-8-9-12-19(2)28(41)20(3)30(43)35-24(15-16-26(39)40)31(44)37-27(32(45)36-25(18-38)33(46)47)29(42)22-17-34-23-14-11-10-13-21(22)23/h10-11,13-14,17,19-20,24-25,27-28,34,38,41H,4-9,12,15-16,18H2,1-3H3,(H,35,43)(H,36,45)(H,37,44)(H,39,40)(H,46,47)/t19-,20+,24-,25+,27+,28+/m1/s1. The summed E-state index contributed by atoms with van der Waals surface area (Å²) in [5.41, 5.74) is 0.545. The van der Waals surface area contributed by atoms with Gasteiger partial charge in [-0.25, -0.2) is 4.79 Å². The minimum atomic E-state index is -2.01. The number of aliphatic hydroxyl groups is 2. The number of carboxylic acid groups (broad SMARTS) is 2. The molecule has 260 valence electrons. The first-order chi connectivity index (χ1) is 22.3. The molecule has 0 fully saturated rings. The smallest absolute Gasteiger partial charge is 0.328 e. The van der Waals surface area contributed by atoms with Crippen LogP contribution in [0.4, 0.5) is 0 Å². The molecule has 2 aromatic rings. The van der Waals surface area contributed by atoms with Gasteiger partial charge in [0.05, 0.1) is 18.6 Å². The van der Waals surface area contributed by atoms with Crippen molar-refractivity contribution >= 4 is 46.3 Å². The summed E-state index contributed by atoms with van der Waals surface area (Å²) in [4.78, 5) is 79.3. The Hall–Kier alpha value is -4.30. The molecule has 0 aliphatic carbocycles. The van der Waals surface area contributed by atoms with E-state index in [2.05, 4.69) is 22.5 Å². The number of para-hydroxylation sites is 1. The molecule has 3 amide bonds. The summed E-state index contributed by atoms with van der Waals surface area (Å²) in [6.45, 7) is 4.45. The SMILES string of the molecule is CCCCCCCC[C@@H](C)[C@H](O)[C@H](C)C(=O)N[C@H](CCC(=O)O)C(=O)N[C@H](C(=O)N[C@@H](CO)C(=O)O)C(=O)c1c[nH]c2ccccc12. The highest BCUT2D eigenvalue weighted by Gasteiger charge is 2.36. The molecular weight excluding hydrogens is 612 g/mol. The number of rotatable bonds is 22. The van der Waals surface area contributed by atoms with Crippen LogP contribution in [0.2, 0.25) is 0 Å². The van der Waals surface area contributed by atoms with Crippen LogP contribution in [0.15, 0.2) is 30.5 Å². The first kappa shape index (κ1) is 38.9. The number of carbonyl (C=O) groups excluding carboxylic acids is 4. The second-order valence-corrected chi connectivity index (χ2v) is 11.9. The van der Waals surface area contributed by atoms with E-state index in [1.165, 1.54) is 19.5 Å². The van der Waals surface area contributed by atoms with Gasteiger partial charge >= 0.3 is 11.9 Å². The maximum absolute atomic E-state index is 13.7. The van der Waals surface area contributed by atoms with Gasteiger partial charge in [-0.15, -0.1) is 0 Å². The lowest BCUT2D eigenvalue weighted by Crippen LogP contribution is -2.59. The molecule has 1 aromatic carbocycles. The number of aliphatic hydroxyl groups excluding tert-OH is 2. The van der Waals surface area contributed by atoms with E-state index in [1.54, 1.807) is 24.3 Å². The van der Waals surface area contributed by atoms with Crippen molar-refractivity contribution in [2.24, 2.45) is 11.8 Å². The van der Waals surface area contributed by atoms with Gasteiger partial charge in [0.25, 0.3) is 5.91 Å². The summed E-state index contributed by atoms with van der Waals surface area (Å²) in [5, 5.41) is 46.0. The molecule has 0 spiro atoms. The van der Waals surface area contributed by atoms with Crippen molar-refractivity contribution in [1.82, 2.24) is 20.9 Å². The molecule has 1 heterocycles. The molecule has 14 heteroatoms. The molecule has 0 unspecified atom stereocenters. The number of aromatic amines is 1. The molecule has 1 aromatic heterocycles. The van der Waals surface area contributed by atoms with Crippen molar-refractivity contribution in [1.29, 1.82) is 0 Å². The normalized spacial score (nSPS) is 15.1. The quantitative estimate of drug-likeness (QED) is 0.0520. The lowest BCUT2D eigenvalue weighted by molar-refractivity contribution is -0.143. The molecule has 0 saturated carbocycles. The van der Waals surface area contributed by atoms with Crippen LogP contribution in [0.3, 0.4) is 0 Å².